The molecule has 68 valence electrons. The molecule has 0 amide bonds. The standard InChI is InChI=1S/C11H13NS/c1-7(2)10-8-5-3-4-6-9(8)13-11(10)12/h3-7H,12H2,1-2H3. The summed E-state index contributed by atoms with van der Waals surface area (Å²) in [7, 11) is 0. The highest BCUT2D eigenvalue weighted by Crippen LogP contribution is 2.37. The summed E-state index contributed by atoms with van der Waals surface area (Å²) < 4.78 is 1.30. The van der Waals surface area contributed by atoms with E-state index >= 15 is 0 Å². The largest absolute Gasteiger partial charge is 0.390 e. The van der Waals surface area contributed by atoms with Crippen molar-refractivity contribution >= 4 is 26.4 Å². The molecule has 0 unspecified atom stereocenters. The summed E-state index contributed by atoms with van der Waals surface area (Å²) in [5, 5.41) is 2.29. The predicted molar refractivity (Wildman–Crippen MR) is 60.3 cm³/mol. The average Bonchev–Trinajstić information content (AvgIpc) is 2.39. The molecule has 0 saturated heterocycles. The van der Waals surface area contributed by atoms with Crippen molar-refractivity contribution in [2.75, 3.05) is 5.73 Å². The van der Waals surface area contributed by atoms with E-state index in [-0.39, 0.29) is 0 Å². The minimum absolute atomic E-state index is 0.510. The fraction of sp³-hybridized carbons (Fsp3) is 0.273. The van der Waals surface area contributed by atoms with Gasteiger partial charge in [0.15, 0.2) is 0 Å². The van der Waals surface area contributed by atoms with Gasteiger partial charge in [0.1, 0.15) is 0 Å². The van der Waals surface area contributed by atoms with Gasteiger partial charge in [-0.25, -0.2) is 0 Å². The molecule has 1 heterocycles. The van der Waals surface area contributed by atoms with Crippen molar-refractivity contribution < 1.29 is 0 Å². The van der Waals surface area contributed by atoms with Crippen molar-refractivity contribution in [1.29, 1.82) is 0 Å². The first-order valence-electron chi connectivity index (χ1n) is 4.47. The monoisotopic (exact) mass is 191 g/mol. The summed E-state index contributed by atoms with van der Waals surface area (Å²) in [6, 6.07) is 8.41. The van der Waals surface area contributed by atoms with Crippen LogP contribution in [0.5, 0.6) is 0 Å². The minimum atomic E-state index is 0.510. The van der Waals surface area contributed by atoms with E-state index < -0.39 is 0 Å². The molecule has 0 spiro atoms. The molecule has 0 bridgehead atoms. The molecule has 2 N–H and O–H groups in total. The van der Waals surface area contributed by atoms with Crippen LogP contribution in [0.2, 0.25) is 0 Å². The van der Waals surface area contributed by atoms with Crippen LogP contribution in [0.4, 0.5) is 5.00 Å². The zero-order valence-electron chi connectivity index (χ0n) is 7.87. The molecule has 0 aliphatic rings. The predicted octanol–water partition coefficient (Wildman–Crippen LogP) is 3.61. The van der Waals surface area contributed by atoms with Crippen LogP contribution in [0, 0.1) is 0 Å². The van der Waals surface area contributed by atoms with Crippen LogP contribution >= 0.6 is 11.3 Å². The van der Waals surface area contributed by atoms with E-state index in [1.807, 2.05) is 0 Å². The highest BCUT2D eigenvalue weighted by Gasteiger charge is 2.11. The van der Waals surface area contributed by atoms with Crippen molar-refractivity contribution in [3.63, 3.8) is 0 Å². The lowest BCUT2D eigenvalue weighted by molar-refractivity contribution is 0.883. The fourth-order valence-corrected chi connectivity index (χ4v) is 2.81. The van der Waals surface area contributed by atoms with Gasteiger partial charge < -0.3 is 5.73 Å². The van der Waals surface area contributed by atoms with Crippen LogP contribution in [0.25, 0.3) is 10.1 Å². The van der Waals surface area contributed by atoms with Gasteiger partial charge in [-0.05, 0) is 22.9 Å². The van der Waals surface area contributed by atoms with Gasteiger partial charge in [0.05, 0.1) is 5.00 Å². The average molecular weight is 191 g/mol. The van der Waals surface area contributed by atoms with E-state index in [9.17, 15) is 0 Å². The molecule has 0 atom stereocenters. The Hall–Kier alpha value is -1.02. The van der Waals surface area contributed by atoms with E-state index in [0.29, 0.717) is 5.92 Å². The molecule has 2 rings (SSSR count). The first kappa shape index (κ1) is 8.57. The lowest BCUT2D eigenvalue weighted by Crippen LogP contribution is -1.90. The Labute approximate surface area is 82.2 Å². The van der Waals surface area contributed by atoms with Gasteiger partial charge in [-0.3, -0.25) is 0 Å². The second kappa shape index (κ2) is 3.04. The van der Waals surface area contributed by atoms with Gasteiger partial charge in [-0.1, -0.05) is 32.0 Å². The Morgan fingerprint density at radius 3 is 2.62 bits per heavy atom. The quantitative estimate of drug-likeness (QED) is 0.732. The van der Waals surface area contributed by atoms with E-state index in [1.54, 1.807) is 11.3 Å². The van der Waals surface area contributed by atoms with Crippen molar-refractivity contribution in [1.82, 2.24) is 0 Å². The first-order chi connectivity index (χ1) is 6.20. The molecule has 1 nitrogen and oxygen atoms in total. The third-order valence-corrected chi connectivity index (χ3v) is 3.26. The molecule has 1 aromatic carbocycles. The molecule has 0 fully saturated rings. The van der Waals surface area contributed by atoms with Gasteiger partial charge in [0, 0.05) is 4.70 Å². The summed E-state index contributed by atoms with van der Waals surface area (Å²) >= 11 is 1.68. The van der Waals surface area contributed by atoms with Crippen LogP contribution in [0.15, 0.2) is 24.3 Å². The topological polar surface area (TPSA) is 26.0 Å². The van der Waals surface area contributed by atoms with E-state index in [0.717, 1.165) is 5.00 Å². The summed E-state index contributed by atoms with van der Waals surface area (Å²) in [5.41, 5.74) is 7.28. The SMILES string of the molecule is CC(C)c1c(N)sc2ccccc12. The maximum Gasteiger partial charge on any atom is 0.0904 e. The van der Waals surface area contributed by atoms with Gasteiger partial charge in [-0.15, -0.1) is 11.3 Å². The third-order valence-electron chi connectivity index (χ3n) is 2.24. The van der Waals surface area contributed by atoms with E-state index in [1.165, 1.54) is 15.6 Å². The Kier molecular flexibility index (Phi) is 2.00. The molecule has 1 aromatic heterocycles. The van der Waals surface area contributed by atoms with Gasteiger partial charge in [-0.2, -0.15) is 0 Å². The number of anilines is 1. The first-order valence-corrected chi connectivity index (χ1v) is 5.28. The van der Waals surface area contributed by atoms with Crippen LogP contribution < -0.4 is 5.73 Å². The van der Waals surface area contributed by atoms with Crippen molar-refractivity contribution in [2.45, 2.75) is 19.8 Å². The van der Waals surface area contributed by atoms with Crippen LogP contribution in [-0.2, 0) is 0 Å². The number of rotatable bonds is 1. The highest BCUT2D eigenvalue weighted by molar-refractivity contribution is 7.22. The number of benzene rings is 1. The van der Waals surface area contributed by atoms with Gasteiger partial charge in [0.2, 0.25) is 0 Å². The number of hydrogen-bond acceptors (Lipinski definition) is 2. The smallest absolute Gasteiger partial charge is 0.0904 e. The summed E-state index contributed by atoms with van der Waals surface area (Å²) in [5.74, 6) is 0.510. The zero-order chi connectivity index (χ0) is 9.42. The molecule has 0 radical (unpaired) electrons. The number of fused-ring (bicyclic) bond motifs is 1. The molecule has 2 heteroatoms. The summed E-state index contributed by atoms with van der Waals surface area (Å²) in [6.45, 7) is 4.37. The number of nitrogens with two attached hydrogens (primary N) is 1. The molecule has 2 aromatic rings. The van der Waals surface area contributed by atoms with E-state index in [2.05, 4.69) is 38.1 Å². The van der Waals surface area contributed by atoms with Crippen molar-refractivity contribution in [3.05, 3.63) is 29.8 Å². The van der Waals surface area contributed by atoms with Gasteiger partial charge >= 0.3 is 0 Å². The second-order valence-electron chi connectivity index (χ2n) is 3.53. The maximum absolute atomic E-state index is 5.97. The highest BCUT2D eigenvalue weighted by atomic mass is 32.1. The zero-order valence-corrected chi connectivity index (χ0v) is 8.69. The number of hydrogen-bond donors (Lipinski definition) is 1. The lowest BCUT2D eigenvalue weighted by Gasteiger charge is -2.03. The van der Waals surface area contributed by atoms with Crippen LogP contribution in [0.1, 0.15) is 25.3 Å². The van der Waals surface area contributed by atoms with Gasteiger partial charge in [0.25, 0.3) is 0 Å². The third kappa shape index (κ3) is 1.31. The molecule has 0 aliphatic carbocycles. The normalized spacial score (nSPS) is 11.3. The summed E-state index contributed by atoms with van der Waals surface area (Å²) in [4.78, 5) is 0. The Bertz CT molecular complexity index is 429. The fourth-order valence-electron chi connectivity index (χ4n) is 1.68. The molecule has 0 aliphatic heterocycles. The summed E-state index contributed by atoms with van der Waals surface area (Å²) in [6.07, 6.45) is 0. The Morgan fingerprint density at radius 2 is 1.92 bits per heavy atom. The number of thiophene rings is 1. The minimum Gasteiger partial charge on any atom is -0.390 e. The van der Waals surface area contributed by atoms with Crippen molar-refractivity contribution in [3.8, 4) is 0 Å². The van der Waals surface area contributed by atoms with E-state index in [4.69, 9.17) is 5.73 Å². The number of nitrogen functional groups attached to an aromatic ring is 1. The maximum atomic E-state index is 5.97. The lowest BCUT2D eigenvalue weighted by atomic mass is 10.0. The molecule has 13 heavy (non-hydrogen) atoms. The molecular weight excluding hydrogens is 178 g/mol. The Morgan fingerprint density at radius 1 is 1.23 bits per heavy atom. The molecular formula is C11H13NS. The van der Waals surface area contributed by atoms with Crippen molar-refractivity contribution in [2.24, 2.45) is 0 Å². The van der Waals surface area contributed by atoms with Crippen LogP contribution in [0.3, 0.4) is 0 Å². The van der Waals surface area contributed by atoms with Crippen LogP contribution in [-0.4, -0.2) is 0 Å². The Balaban J connectivity index is 2.78. The second-order valence-corrected chi connectivity index (χ2v) is 4.61. The molecule has 0 saturated carbocycles.